The molecule has 0 unspecified atom stereocenters. The first-order valence-electron chi connectivity index (χ1n) is 8.92. The van der Waals surface area contributed by atoms with Crippen LogP contribution in [0.4, 0.5) is 0 Å². The smallest absolute Gasteiger partial charge is 0.0648 e. The molecule has 0 aromatic rings. The number of rotatable bonds is 6. The molecule has 1 N–H and O–H groups in total. The van der Waals surface area contributed by atoms with Gasteiger partial charge in [0.1, 0.15) is 0 Å². The molecule has 4 heteroatoms. The normalized spacial score (nSPS) is 28.6. The fraction of sp³-hybridized carbons (Fsp3) is 1.00. The largest absolute Gasteiger partial charge is 0.395 e. The molecule has 1 aliphatic carbocycles. The number of aliphatic hydroxyl groups excluding tert-OH is 1. The Balaban J connectivity index is 1.69. The summed E-state index contributed by atoms with van der Waals surface area (Å²) in [6.07, 6.45) is 2.92. The van der Waals surface area contributed by atoms with E-state index in [0.717, 1.165) is 45.2 Å². The zero-order valence-electron chi connectivity index (χ0n) is 15.3. The van der Waals surface area contributed by atoms with E-state index in [2.05, 4.69) is 44.4 Å². The van der Waals surface area contributed by atoms with Crippen molar-refractivity contribution in [2.24, 2.45) is 11.3 Å². The van der Waals surface area contributed by atoms with E-state index in [9.17, 15) is 0 Å². The SMILES string of the molecule is CC(C)(C)C1CC(OCC(C)(C)N2CCN(CCO)CC2)C1. The van der Waals surface area contributed by atoms with E-state index in [0.29, 0.717) is 11.5 Å². The third kappa shape index (κ3) is 4.67. The van der Waals surface area contributed by atoms with E-state index < -0.39 is 0 Å². The van der Waals surface area contributed by atoms with E-state index in [1.165, 1.54) is 12.8 Å². The van der Waals surface area contributed by atoms with Gasteiger partial charge in [-0.1, -0.05) is 20.8 Å². The van der Waals surface area contributed by atoms with Gasteiger partial charge in [-0.3, -0.25) is 9.80 Å². The molecule has 130 valence electrons. The summed E-state index contributed by atoms with van der Waals surface area (Å²) in [5.41, 5.74) is 0.538. The molecule has 2 aliphatic rings. The molecular weight excluding hydrogens is 276 g/mol. The summed E-state index contributed by atoms with van der Waals surface area (Å²) in [6.45, 7) is 17.8. The number of ether oxygens (including phenoxy) is 1. The third-order valence-electron chi connectivity index (χ3n) is 5.64. The van der Waals surface area contributed by atoms with E-state index in [4.69, 9.17) is 9.84 Å². The average molecular weight is 312 g/mol. The monoisotopic (exact) mass is 312 g/mol. The summed E-state index contributed by atoms with van der Waals surface area (Å²) in [5, 5.41) is 9.03. The minimum atomic E-state index is 0.109. The summed E-state index contributed by atoms with van der Waals surface area (Å²) in [7, 11) is 0. The molecule has 0 radical (unpaired) electrons. The summed E-state index contributed by atoms with van der Waals surface area (Å²) in [5.74, 6) is 0.822. The van der Waals surface area contributed by atoms with Crippen molar-refractivity contribution in [2.75, 3.05) is 45.9 Å². The molecule has 1 saturated carbocycles. The second kappa shape index (κ2) is 7.16. The Kier molecular flexibility index (Phi) is 5.92. The highest BCUT2D eigenvalue weighted by Gasteiger charge is 2.39. The first kappa shape index (κ1) is 18.2. The minimum Gasteiger partial charge on any atom is -0.395 e. The van der Waals surface area contributed by atoms with Crippen LogP contribution in [0.2, 0.25) is 0 Å². The van der Waals surface area contributed by atoms with Crippen molar-refractivity contribution in [3.05, 3.63) is 0 Å². The molecule has 0 bridgehead atoms. The van der Waals surface area contributed by atoms with Crippen LogP contribution in [0, 0.1) is 11.3 Å². The van der Waals surface area contributed by atoms with Gasteiger partial charge in [0.05, 0.1) is 19.3 Å². The molecule has 2 rings (SSSR count). The van der Waals surface area contributed by atoms with Gasteiger partial charge in [-0.2, -0.15) is 0 Å². The molecule has 0 aromatic heterocycles. The lowest BCUT2D eigenvalue weighted by Gasteiger charge is -2.47. The second-order valence-corrected chi connectivity index (χ2v) is 8.83. The van der Waals surface area contributed by atoms with Gasteiger partial charge in [0.2, 0.25) is 0 Å². The predicted octanol–water partition coefficient (Wildman–Crippen LogP) is 2.22. The van der Waals surface area contributed by atoms with Crippen LogP contribution in [0.5, 0.6) is 0 Å². The Labute approximate surface area is 136 Å². The Hall–Kier alpha value is -0.160. The Bertz CT molecular complexity index is 337. The molecule has 1 heterocycles. The predicted molar refractivity (Wildman–Crippen MR) is 91.1 cm³/mol. The molecule has 2 fully saturated rings. The molecule has 0 aromatic carbocycles. The summed E-state index contributed by atoms with van der Waals surface area (Å²) < 4.78 is 6.20. The zero-order valence-corrected chi connectivity index (χ0v) is 15.3. The molecule has 1 aliphatic heterocycles. The minimum absolute atomic E-state index is 0.109. The standard InChI is InChI=1S/C18H36N2O2/c1-17(2,3)15-12-16(13-15)22-14-18(4,5)20-8-6-19(7-9-20)10-11-21/h15-16,21H,6-14H2,1-5H3. The molecule has 22 heavy (non-hydrogen) atoms. The van der Waals surface area contributed by atoms with Gasteiger partial charge in [-0.15, -0.1) is 0 Å². The number of nitrogens with zero attached hydrogens (tertiary/aromatic N) is 2. The first-order chi connectivity index (χ1) is 10.2. The van der Waals surface area contributed by atoms with Gasteiger partial charge >= 0.3 is 0 Å². The van der Waals surface area contributed by atoms with Crippen molar-refractivity contribution < 1.29 is 9.84 Å². The maximum atomic E-state index is 9.03. The average Bonchev–Trinajstić information content (AvgIpc) is 2.36. The topological polar surface area (TPSA) is 35.9 Å². The van der Waals surface area contributed by atoms with Crippen LogP contribution < -0.4 is 0 Å². The van der Waals surface area contributed by atoms with Gasteiger partial charge in [0.25, 0.3) is 0 Å². The van der Waals surface area contributed by atoms with Gasteiger partial charge in [0.15, 0.2) is 0 Å². The van der Waals surface area contributed by atoms with Gasteiger partial charge in [-0.05, 0) is 38.0 Å². The van der Waals surface area contributed by atoms with Crippen LogP contribution in [0.1, 0.15) is 47.5 Å². The number of aliphatic hydroxyl groups is 1. The van der Waals surface area contributed by atoms with Crippen LogP contribution in [-0.4, -0.2) is 72.5 Å². The van der Waals surface area contributed by atoms with Crippen molar-refractivity contribution in [1.29, 1.82) is 0 Å². The van der Waals surface area contributed by atoms with Crippen molar-refractivity contribution in [3.63, 3.8) is 0 Å². The van der Waals surface area contributed by atoms with E-state index >= 15 is 0 Å². The van der Waals surface area contributed by atoms with Gasteiger partial charge in [-0.25, -0.2) is 0 Å². The van der Waals surface area contributed by atoms with Crippen molar-refractivity contribution in [2.45, 2.75) is 59.1 Å². The van der Waals surface area contributed by atoms with Crippen LogP contribution in [0.3, 0.4) is 0 Å². The Morgan fingerprint density at radius 2 is 1.59 bits per heavy atom. The van der Waals surface area contributed by atoms with Gasteiger partial charge in [0, 0.05) is 38.3 Å². The Morgan fingerprint density at radius 1 is 1.00 bits per heavy atom. The quantitative estimate of drug-likeness (QED) is 0.816. The van der Waals surface area contributed by atoms with E-state index in [-0.39, 0.29) is 12.1 Å². The first-order valence-corrected chi connectivity index (χ1v) is 8.92. The highest BCUT2D eigenvalue weighted by Crippen LogP contribution is 2.43. The van der Waals surface area contributed by atoms with Crippen molar-refractivity contribution >= 4 is 0 Å². The van der Waals surface area contributed by atoms with Crippen LogP contribution >= 0.6 is 0 Å². The highest BCUT2D eigenvalue weighted by atomic mass is 16.5. The molecule has 0 amide bonds. The number of β-amino-alcohol motifs (C(OH)–C–C–N with tert-alkyl or cyclic N) is 1. The lowest BCUT2D eigenvalue weighted by atomic mass is 9.67. The lowest BCUT2D eigenvalue weighted by molar-refractivity contribution is -0.0990. The molecule has 4 nitrogen and oxygen atoms in total. The number of piperazine rings is 1. The molecular formula is C18H36N2O2. The fourth-order valence-electron chi connectivity index (χ4n) is 3.54. The van der Waals surface area contributed by atoms with E-state index in [1.54, 1.807) is 0 Å². The molecule has 1 saturated heterocycles. The van der Waals surface area contributed by atoms with Crippen LogP contribution in [0.15, 0.2) is 0 Å². The molecule has 0 spiro atoms. The van der Waals surface area contributed by atoms with Crippen molar-refractivity contribution in [1.82, 2.24) is 9.80 Å². The Morgan fingerprint density at radius 3 is 2.09 bits per heavy atom. The van der Waals surface area contributed by atoms with Crippen LogP contribution in [0.25, 0.3) is 0 Å². The molecule has 0 atom stereocenters. The lowest BCUT2D eigenvalue weighted by Crippen LogP contribution is -2.57. The maximum absolute atomic E-state index is 9.03. The van der Waals surface area contributed by atoms with Crippen molar-refractivity contribution in [3.8, 4) is 0 Å². The maximum Gasteiger partial charge on any atom is 0.0648 e. The summed E-state index contributed by atoms with van der Waals surface area (Å²) in [4.78, 5) is 4.88. The number of hydrogen-bond acceptors (Lipinski definition) is 4. The van der Waals surface area contributed by atoms with Crippen LogP contribution in [-0.2, 0) is 4.74 Å². The third-order valence-corrected chi connectivity index (χ3v) is 5.64. The highest BCUT2D eigenvalue weighted by molar-refractivity contribution is 4.90. The van der Waals surface area contributed by atoms with E-state index in [1.807, 2.05) is 0 Å². The fourth-order valence-corrected chi connectivity index (χ4v) is 3.54. The summed E-state index contributed by atoms with van der Waals surface area (Å²) in [6, 6.07) is 0. The number of hydrogen-bond donors (Lipinski definition) is 1. The zero-order chi connectivity index (χ0) is 16.4. The summed E-state index contributed by atoms with van der Waals surface area (Å²) >= 11 is 0. The van der Waals surface area contributed by atoms with Gasteiger partial charge < -0.3 is 9.84 Å². The second-order valence-electron chi connectivity index (χ2n) is 8.83.